The van der Waals surface area contributed by atoms with Gasteiger partial charge in [-0.3, -0.25) is 4.79 Å². The molecule has 1 aromatic rings. The molecule has 1 aromatic carbocycles. The maximum absolute atomic E-state index is 11.8. The lowest BCUT2D eigenvalue weighted by atomic mass is 10.1. The summed E-state index contributed by atoms with van der Waals surface area (Å²) in [7, 11) is 0. The molecule has 4 heteroatoms. The molecule has 0 aliphatic heterocycles. The van der Waals surface area contributed by atoms with E-state index in [4.69, 9.17) is 4.74 Å². The number of benzene rings is 1. The van der Waals surface area contributed by atoms with Crippen molar-refractivity contribution in [3.8, 4) is 5.75 Å². The molecule has 94 valence electrons. The van der Waals surface area contributed by atoms with Gasteiger partial charge >= 0.3 is 0 Å². The summed E-state index contributed by atoms with van der Waals surface area (Å²) in [6.07, 6.45) is -0.511. The van der Waals surface area contributed by atoms with Crippen molar-refractivity contribution in [1.29, 1.82) is 0 Å². The molecule has 1 amide bonds. The van der Waals surface area contributed by atoms with Crippen LogP contribution in [0.15, 0.2) is 28.7 Å². The summed E-state index contributed by atoms with van der Waals surface area (Å²) in [5.74, 6) is 0.563. The lowest BCUT2D eigenvalue weighted by Crippen LogP contribution is -2.46. The number of carbonyl (C=O) groups is 1. The molecule has 1 atom stereocenters. The molecule has 0 fully saturated rings. The van der Waals surface area contributed by atoms with Crippen molar-refractivity contribution >= 4 is 21.8 Å². The van der Waals surface area contributed by atoms with Gasteiger partial charge in [0, 0.05) is 10.0 Å². The number of rotatable bonds is 3. The average Bonchev–Trinajstić information content (AvgIpc) is 2.14. The number of hydrogen-bond donors (Lipinski definition) is 1. The monoisotopic (exact) mass is 299 g/mol. The molecule has 0 saturated carbocycles. The first-order valence-corrected chi connectivity index (χ1v) is 6.31. The van der Waals surface area contributed by atoms with Gasteiger partial charge in [0.25, 0.3) is 5.91 Å². The molecule has 0 heterocycles. The van der Waals surface area contributed by atoms with Crippen molar-refractivity contribution in [2.45, 2.75) is 39.3 Å². The van der Waals surface area contributed by atoms with Crippen molar-refractivity contribution in [1.82, 2.24) is 5.32 Å². The summed E-state index contributed by atoms with van der Waals surface area (Å²) in [6.45, 7) is 7.56. The molecule has 0 radical (unpaired) electrons. The maximum Gasteiger partial charge on any atom is 0.261 e. The minimum absolute atomic E-state index is 0.113. The largest absolute Gasteiger partial charge is 0.481 e. The fourth-order valence-electron chi connectivity index (χ4n) is 1.27. The smallest absolute Gasteiger partial charge is 0.261 e. The molecule has 0 bridgehead atoms. The normalized spacial score (nSPS) is 13.0. The molecule has 0 spiro atoms. The average molecular weight is 300 g/mol. The highest BCUT2D eigenvalue weighted by Gasteiger charge is 2.20. The summed E-state index contributed by atoms with van der Waals surface area (Å²) in [5, 5.41) is 2.88. The van der Waals surface area contributed by atoms with E-state index in [1.54, 1.807) is 6.92 Å². The molecular weight excluding hydrogens is 282 g/mol. The Morgan fingerprint density at radius 2 is 2.06 bits per heavy atom. The Kier molecular flexibility index (Phi) is 4.57. The minimum atomic E-state index is -0.511. The zero-order valence-corrected chi connectivity index (χ0v) is 12.2. The van der Waals surface area contributed by atoms with E-state index < -0.39 is 6.10 Å². The van der Waals surface area contributed by atoms with Crippen LogP contribution in [-0.2, 0) is 4.79 Å². The SMILES string of the molecule is CC(Oc1cccc(Br)c1)C(=O)NC(C)(C)C. The van der Waals surface area contributed by atoms with Crippen molar-refractivity contribution in [3.63, 3.8) is 0 Å². The molecule has 0 saturated heterocycles. The highest BCUT2D eigenvalue weighted by Crippen LogP contribution is 2.19. The first-order valence-electron chi connectivity index (χ1n) is 5.52. The van der Waals surface area contributed by atoms with Crippen LogP contribution in [0.2, 0.25) is 0 Å². The summed E-state index contributed by atoms with van der Waals surface area (Å²) in [4.78, 5) is 11.8. The Morgan fingerprint density at radius 1 is 1.41 bits per heavy atom. The van der Waals surface area contributed by atoms with Crippen LogP contribution in [0.4, 0.5) is 0 Å². The second-order valence-corrected chi connectivity index (χ2v) is 5.87. The number of hydrogen-bond acceptors (Lipinski definition) is 2. The van der Waals surface area contributed by atoms with E-state index in [1.165, 1.54) is 0 Å². The van der Waals surface area contributed by atoms with Crippen LogP contribution in [0.25, 0.3) is 0 Å². The van der Waals surface area contributed by atoms with Gasteiger partial charge in [0.2, 0.25) is 0 Å². The Bertz CT molecular complexity index is 399. The predicted molar refractivity (Wildman–Crippen MR) is 72.1 cm³/mol. The van der Waals surface area contributed by atoms with Crippen LogP contribution in [-0.4, -0.2) is 17.6 Å². The van der Waals surface area contributed by atoms with Crippen LogP contribution in [0.5, 0.6) is 5.75 Å². The maximum atomic E-state index is 11.8. The molecule has 1 rings (SSSR count). The van der Waals surface area contributed by atoms with E-state index in [-0.39, 0.29) is 11.4 Å². The van der Waals surface area contributed by atoms with Crippen molar-refractivity contribution < 1.29 is 9.53 Å². The topological polar surface area (TPSA) is 38.3 Å². The second-order valence-electron chi connectivity index (χ2n) is 4.96. The predicted octanol–water partition coefficient (Wildman–Crippen LogP) is 3.13. The highest BCUT2D eigenvalue weighted by atomic mass is 79.9. The first-order chi connectivity index (χ1) is 7.78. The summed E-state index contributed by atoms with van der Waals surface area (Å²) in [6, 6.07) is 7.44. The van der Waals surface area contributed by atoms with Gasteiger partial charge in [0.1, 0.15) is 5.75 Å². The van der Waals surface area contributed by atoms with E-state index >= 15 is 0 Å². The van der Waals surface area contributed by atoms with Gasteiger partial charge in [0.15, 0.2) is 6.10 Å². The van der Waals surface area contributed by atoms with E-state index in [2.05, 4.69) is 21.2 Å². The fourth-order valence-corrected chi connectivity index (χ4v) is 1.65. The molecule has 17 heavy (non-hydrogen) atoms. The van der Waals surface area contributed by atoms with E-state index in [1.807, 2.05) is 45.0 Å². The second kappa shape index (κ2) is 5.54. The molecule has 0 aliphatic carbocycles. The van der Waals surface area contributed by atoms with Gasteiger partial charge in [-0.15, -0.1) is 0 Å². The molecule has 3 nitrogen and oxygen atoms in total. The van der Waals surface area contributed by atoms with Gasteiger partial charge in [0.05, 0.1) is 0 Å². The summed E-state index contributed by atoms with van der Waals surface area (Å²) < 4.78 is 6.49. The quantitative estimate of drug-likeness (QED) is 0.931. The molecule has 0 aromatic heterocycles. The van der Waals surface area contributed by atoms with Gasteiger partial charge < -0.3 is 10.1 Å². The van der Waals surface area contributed by atoms with Crippen LogP contribution < -0.4 is 10.1 Å². The zero-order valence-electron chi connectivity index (χ0n) is 10.6. The molecular formula is C13H18BrNO2. The Labute approximate surface area is 111 Å². The molecule has 0 aliphatic rings. The molecule has 1 N–H and O–H groups in total. The van der Waals surface area contributed by atoms with Crippen LogP contribution >= 0.6 is 15.9 Å². The minimum Gasteiger partial charge on any atom is -0.481 e. The number of carbonyl (C=O) groups excluding carboxylic acids is 1. The lowest BCUT2D eigenvalue weighted by Gasteiger charge is -2.23. The van der Waals surface area contributed by atoms with E-state index in [0.717, 1.165) is 4.47 Å². The van der Waals surface area contributed by atoms with Crippen LogP contribution in [0.3, 0.4) is 0 Å². The van der Waals surface area contributed by atoms with Gasteiger partial charge in [-0.1, -0.05) is 22.0 Å². The highest BCUT2D eigenvalue weighted by molar-refractivity contribution is 9.10. The standard InChI is InChI=1S/C13H18BrNO2/c1-9(12(16)15-13(2,3)4)17-11-7-5-6-10(14)8-11/h5-9H,1-4H3,(H,15,16). The van der Waals surface area contributed by atoms with Crippen molar-refractivity contribution in [2.75, 3.05) is 0 Å². The molecule has 1 unspecified atom stereocenters. The first kappa shape index (κ1) is 14.0. The Balaban J connectivity index is 2.60. The van der Waals surface area contributed by atoms with Crippen LogP contribution in [0, 0.1) is 0 Å². The Hall–Kier alpha value is -1.03. The van der Waals surface area contributed by atoms with Gasteiger partial charge in [-0.05, 0) is 45.9 Å². The third-order valence-corrected chi connectivity index (χ3v) is 2.47. The fraction of sp³-hybridized carbons (Fsp3) is 0.462. The third-order valence-electron chi connectivity index (χ3n) is 1.98. The summed E-state index contributed by atoms with van der Waals surface area (Å²) >= 11 is 3.36. The Morgan fingerprint density at radius 3 is 2.59 bits per heavy atom. The van der Waals surface area contributed by atoms with E-state index in [0.29, 0.717) is 5.75 Å². The number of amides is 1. The summed E-state index contributed by atoms with van der Waals surface area (Å²) in [5.41, 5.74) is -0.244. The van der Waals surface area contributed by atoms with Crippen LogP contribution in [0.1, 0.15) is 27.7 Å². The van der Waals surface area contributed by atoms with Crippen molar-refractivity contribution in [3.05, 3.63) is 28.7 Å². The number of nitrogens with one attached hydrogen (secondary N) is 1. The third kappa shape index (κ3) is 5.22. The lowest BCUT2D eigenvalue weighted by molar-refractivity contribution is -0.128. The number of halogens is 1. The van der Waals surface area contributed by atoms with Crippen molar-refractivity contribution in [2.24, 2.45) is 0 Å². The van der Waals surface area contributed by atoms with Gasteiger partial charge in [-0.25, -0.2) is 0 Å². The zero-order chi connectivity index (χ0) is 13.1. The number of ether oxygens (including phenoxy) is 1. The van der Waals surface area contributed by atoms with E-state index in [9.17, 15) is 4.79 Å². The van der Waals surface area contributed by atoms with Gasteiger partial charge in [-0.2, -0.15) is 0 Å².